The van der Waals surface area contributed by atoms with Gasteiger partial charge in [-0.2, -0.15) is 0 Å². The van der Waals surface area contributed by atoms with Crippen LogP contribution in [0.5, 0.6) is 0 Å². The Balaban J connectivity index is 0. The average Bonchev–Trinajstić information content (AvgIpc) is 1.27. The number of hydrogen-bond donors (Lipinski definition) is 0. The van der Waals surface area contributed by atoms with Crippen LogP contribution >= 0.6 is 12.2 Å². The van der Waals surface area contributed by atoms with Crippen molar-refractivity contribution >= 4 is 29.2 Å². The predicted octanol–water partition coefficient (Wildman–Crippen LogP) is -1.75. The van der Waals surface area contributed by atoms with E-state index in [1.165, 1.54) is 0 Å². The van der Waals surface area contributed by atoms with Crippen molar-refractivity contribution in [3.63, 3.8) is 0 Å². The third-order valence-corrected chi connectivity index (χ3v) is 0.524. The van der Waals surface area contributed by atoms with Crippen LogP contribution in [0.2, 0.25) is 0 Å². The van der Waals surface area contributed by atoms with Crippen molar-refractivity contribution < 1.29 is 23.6 Å². The van der Waals surface area contributed by atoms with Gasteiger partial charge in [-0.05, 0) is 13.8 Å². The monoisotopic (exact) mass is 142 g/mol. The quantitative estimate of drug-likeness (QED) is 0.244. The molecule has 0 spiro atoms. The van der Waals surface area contributed by atoms with Crippen LogP contribution in [-0.4, -0.2) is 10.5 Å². The predicted molar refractivity (Wildman–Crippen MR) is 36.2 cm³/mol. The van der Waals surface area contributed by atoms with Crippen LogP contribution in [0.1, 0.15) is 13.8 Å². The van der Waals surface area contributed by atoms with E-state index in [2.05, 4.69) is 24.8 Å². The Labute approximate surface area is 72.8 Å². The Morgan fingerprint density at radius 1 is 1.62 bits per heavy atom. The number of rotatable bonds is 1. The first kappa shape index (κ1) is 11.5. The minimum atomic E-state index is 0. The molecule has 0 saturated carbocycles. The molecule has 0 heterocycles. The first-order chi connectivity index (χ1) is 3.13. The molecular weight excluding hydrogens is 135 g/mol. The second-order valence-electron chi connectivity index (χ2n) is 1.42. The van der Waals surface area contributed by atoms with Gasteiger partial charge in [-0.3, -0.25) is 0 Å². The van der Waals surface area contributed by atoms with E-state index in [1.54, 1.807) is 0 Å². The molecule has 0 aromatic heterocycles. The summed E-state index contributed by atoms with van der Waals surface area (Å²) in [6.07, 6.45) is 0.130. The first-order valence-electron chi connectivity index (χ1n) is 2.00. The fourth-order valence-electron chi connectivity index (χ4n) is 0.192. The van der Waals surface area contributed by atoms with Crippen molar-refractivity contribution in [3.05, 3.63) is 0 Å². The third-order valence-electron chi connectivity index (χ3n) is 0.332. The molecule has 0 amide bonds. The Kier molecular flexibility index (Phi) is 8.39. The van der Waals surface area contributed by atoms with E-state index in [1.807, 2.05) is 13.8 Å². The summed E-state index contributed by atoms with van der Waals surface area (Å²) in [7, 11) is 0. The van der Waals surface area contributed by atoms with Gasteiger partial charge in [0.2, 0.25) is 0 Å². The van der Waals surface area contributed by atoms with Crippen molar-refractivity contribution in [1.29, 1.82) is 0 Å². The summed E-state index contributed by atoms with van der Waals surface area (Å²) < 4.78 is 5.00. The van der Waals surface area contributed by atoms with E-state index >= 15 is 0 Å². The maximum absolute atomic E-state index is 4.80. The van der Waals surface area contributed by atoms with Crippen LogP contribution < -0.4 is 18.9 Å². The second-order valence-corrected chi connectivity index (χ2v) is 2.42. The molecule has 1 nitrogen and oxygen atoms in total. The van der Waals surface area contributed by atoms with Gasteiger partial charge in [0.25, 0.3) is 0 Å². The molecule has 0 fully saturated rings. The SMILES string of the molecule is CC(C)OC(=S)[S-].[Li+]. The van der Waals surface area contributed by atoms with Crippen LogP contribution in [0, 0.1) is 0 Å². The van der Waals surface area contributed by atoms with Crippen LogP contribution in [0.3, 0.4) is 0 Å². The van der Waals surface area contributed by atoms with Gasteiger partial charge in [-0.15, -0.1) is 0 Å². The standard InChI is InChI=1S/C4H8OS2.Li/c1-3(2)5-4(6)7;/h3H,1-2H3,(H,6,7);/q;+1/p-1. The molecule has 0 rings (SSSR count). The molecule has 8 heavy (non-hydrogen) atoms. The summed E-state index contributed by atoms with van der Waals surface area (Å²) in [6.45, 7) is 3.78. The van der Waals surface area contributed by atoms with Crippen LogP contribution in [0.15, 0.2) is 0 Å². The summed E-state index contributed by atoms with van der Waals surface area (Å²) in [5, 5.41) is 0. The van der Waals surface area contributed by atoms with Crippen molar-refractivity contribution in [2.24, 2.45) is 0 Å². The second kappa shape index (κ2) is 5.84. The Morgan fingerprint density at radius 2 is 2.00 bits per heavy atom. The van der Waals surface area contributed by atoms with Crippen LogP contribution in [-0.2, 0) is 17.4 Å². The topological polar surface area (TPSA) is 9.23 Å². The van der Waals surface area contributed by atoms with Gasteiger partial charge in [0, 0.05) is 4.38 Å². The zero-order valence-corrected chi connectivity index (χ0v) is 6.94. The first-order valence-corrected chi connectivity index (χ1v) is 2.82. The molecule has 0 aromatic rings. The van der Waals surface area contributed by atoms with Gasteiger partial charge in [-0.1, -0.05) is 0 Å². The summed E-state index contributed by atoms with van der Waals surface area (Å²) in [6, 6.07) is 0. The van der Waals surface area contributed by atoms with E-state index in [0.717, 1.165) is 0 Å². The minimum Gasteiger partial charge on any atom is -0.511 e. The third kappa shape index (κ3) is 9.86. The molecule has 0 bridgehead atoms. The van der Waals surface area contributed by atoms with Gasteiger partial charge in [0.15, 0.2) is 0 Å². The van der Waals surface area contributed by atoms with E-state index in [-0.39, 0.29) is 29.3 Å². The Morgan fingerprint density at radius 3 is 2.00 bits per heavy atom. The normalized spacial score (nSPS) is 7.88. The molecule has 0 aliphatic carbocycles. The summed E-state index contributed by atoms with van der Waals surface area (Å²) in [4.78, 5) is 0. The Bertz CT molecular complexity index is 74.4. The van der Waals surface area contributed by atoms with Crippen LogP contribution in [0.25, 0.3) is 0 Å². The maximum Gasteiger partial charge on any atom is 1.00 e. The molecule has 0 saturated heterocycles. The van der Waals surface area contributed by atoms with Gasteiger partial charge < -0.3 is 29.6 Å². The number of ether oxygens (including phenoxy) is 1. The zero-order chi connectivity index (χ0) is 5.86. The van der Waals surface area contributed by atoms with Crippen molar-refractivity contribution in [3.8, 4) is 0 Å². The molecule has 0 aliphatic heterocycles. The molecule has 0 N–H and O–H groups in total. The van der Waals surface area contributed by atoms with Gasteiger partial charge >= 0.3 is 18.9 Å². The molecule has 42 valence electrons. The zero-order valence-electron chi connectivity index (χ0n) is 5.30. The van der Waals surface area contributed by atoms with Gasteiger partial charge in [0.1, 0.15) is 0 Å². The molecule has 0 radical (unpaired) electrons. The van der Waals surface area contributed by atoms with E-state index in [0.29, 0.717) is 0 Å². The molecular formula is C4H7LiOS2. The fourth-order valence-corrected chi connectivity index (χ4v) is 0.577. The summed E-state index contributed by atoms with van der Waals surface area (Å²) >= 11 is 8.93. The fraction of sp³-hybridized carbons (Fsp3) is 0.750. The smallest absolute Gasteiger partial charge is 0.511 e. The van der Waals surface area contributed by atoms with E-state index in [9.17, 15) is 0 Å². The van der Waals surface area contributed by atoms with Crippen LogP contribution in [0.4, 0.5) is 0 Å². The molecule has 0 aliphatic rings. The maximum atomic E-state index is 4.80. The summed E-state index contributed by atoms with van der Waals surface area (Å²) in [5.74, 6) is 0. The minimum absolute atomic E-state index is 0. The number of thiocarbonyl (C=S) groups is 1. The van der Waals surface area contributed by atoms with Gasteiger partial charge in [0.05, 0.1) is 6.10 Å². The van der Waals surface area contributed by atoms with E-state index in [4.69, 9.17) is 4.74 Å². The molecule has 0 atom stereocenters. The molecule has 0 unspecified atom stereocenters. The molecule has 0 aromatic carbocycles. The summed E-state index contributed by atoms with van der Waals surface area (Å²) in [5.41, 5.74) is 0. The van der Waals surface area contributed by atoms with Gasteiger partial charge in [-0.25, -0.2) is 0 Å². The Hall–Kier alpha value is 0.707. The average molecular weight is 142 g/mol. The molecule has 4 heteroatoms. The van der Waals surface area contributed by atoms with Crippen molar-refractivity contribution in [2.45, 2.75) is 20.0 Å². The van der Waals surface area contributed by atoms with E-state index < -0.39 is 0 Å². The number of hydrogen-bond acceptors (Lipinski definition) is 3. The van der Waals surface area contributed by atoms with Crippen molar-refractivity contribution in [1.82, 2.24) is 0 Å². The largest absolute Gasteiger partial charge is 1.00 e. The van der Waals surface area contributed by atoms with Crippen molar-refractivity contribution in [2.75, 3.05) is 0 Å².